The van der Waals surface area contributed by atoms with E-state index in [-0.39, 0.29) is 0 Å². The smallest absolute Gasteiger partial charge is 0.143 e. The molecular weight excluding hydrogens is 310 g/mol. The van der Waals surface area contributed by atoms with Gasteiger partial charge in [0.05, 0.1) is 5.41 Å². The maximum atomic E-state index is 13.0. The predicted octanol–water partition coefficient (Wildman–Crippen LogP) is 4.81. The van der Waals surface area contributed by atoms with Crippen LogP contribution in [0.3, 0.4) is 0 Å². The van der Waals surface area contributed by atoms with Crippen LogP contribution in [-0.2, 0) is 10.2 Å². The topological polar surface area (TPSA) is 29.5 Å². The molecule has 0 amide bonds. The molecule has 0 bridgehead atoms. The number of rotatable bonds is 6. The summed E-state index contributed by atoms with van der Waals surface area (Å²) in [5.41, 5.74) is 0.618. The number of Topliss-reactive ketones (excluding diaryl/α,β-unsaturated/α-hetero) is 1. The first-order valence-electron chi connectivity index (χ1n) is 9.27. The zero-order valence-electron chi connectivity index (χ0n) is 15.2. The summed E-state index contributed by atoms with van der Waals surface area (Å²) in [7, 11) is 0. The van der Waals surface area contributed by atoms with Gasteiger partial charge in [0.25, 0.3) is 0 Å². The van der Waals surface area contributed by atoms with E-state index >= 15 is 0 Å². The average molecular weight is 337 g/mol. The standard InChI is InChI=1S/C22H27NO2/c1-3-21(24)22(14-16-23(4-2)17-15-22)19-12-8-9-13-20(19)25-18-10-6-5-7-11-18/h5-13H,3-4,14-17H2,1-2H3. The minimum absolute atomic E-state index is 0.326. The molecule has 0 radical (unpaired) electrons. The number of piperidine rings is 1. The molecule has 2 aromatic rings. The Morgan fingerprint density at radius 2 is 1.64 bits per heavy atom. The summed E-state index contributed by atoms with van der Waals surface area (Å²) in [5, 5.41) is 0. The minimum Gasteiger partial charge on any atom is -0.457 e. The van der Waals surface area contributed by atoms with Gasteiger partial charge in [0.2, 0.25) is 0 Å². The van der Waals surface area contributed by atoms with Crippen molar-refractivity contribution in [1.82, 2.24) is 4.90 Å². The number of carbonyl (C=O) groups is 1. The van der Waals surface area contributed by atoms with E-state index in [1.54, 1.807) is 0 Å². The van der Waals surface area contributed by atoms with E-state index in [4.69, 9.17) is 4.74 Å². The number of hydrogen-bond donors (Lipinski definition) is 0. The molecule has 1 fully saturated rings. The molecule has 0 spiro atoms. The summed E-state index contributed by atoms with van der Waals surface area (Å²) in [6.45, 7) is 7.11. The molecule has 1 aliphatic rings. The maximum absolute atomic E-state index is 13.0. The molecule has 0 N–H and O–H groups in total. The van der Waals surface area contributed by atoms with Gasteiger partial charge in [0.15, 0.2) is 0 Å². The SMILES string of the molecule is CCC(=O)C1(c2ccccc2Oc2ccccc2)CCN(CC)CC1. The van der Waals surface area contributed by atoms with Crippen LogP contribution in [0.25, 0.3) is 0 Å². The molecule has 0 saturated carbocycles. The van der Waals surface area contributed by atoms with Crippen molar-refractivity contribution in [2.75, 3.05) is 19.6 Å². The van der Waals surface area contributed by atoms with Gasteiger partial charge in [0.1, 0.15) is 17.3 Å². The van der Waals surface area contributed by atoms with E-state index in [2.05, 4.69) is 17.9 Å². The van der Waals surface area contributed by atoms with Crippen molar-refractivity contribution < 1.29 is 9.53 Å². The van der Waals surface area contributed by atoms with Crippen molar-refractivity contribution >= 4 is 5.78 Å². The second-order valence-corrected chi connectivity index (χ2v) is 6.70. The fraction of sp³-hybridized carbons (Fsp3) is 0.409. The first-order chi connectivity index (χ1) is 12.2. The predicted molar refractivity (Wildman–Crippen MR) is 101 cm³/mol. The second-order valence-electron chi connectivity index (χ2n) is 6.70. The Labute approximate surface area is 150 Å². The Hall–Kier alpha value is -2.13. The molecule has 1 aliphatic heterocycles. The van der Waals surface area contributed by atoms with E-state index in [9.17, 15) is 4.79 Å². The van der Waals surface area contributed by atoms with Crippen LogP contribution >= 0.6 is 0 Å². The van der Waals surface area contributed by atoms with Gasteiger partial charge in [0, 0.05) is 12.0 Å². The lowest BCUT2D eigenvalue weighted by Crippen LogP contribution is -2.47. The Morgan fingerprint density at radius 1 is 1.00 bits per heavy atom. The third-order valence-electron chi connectivity index (χ3n) is 5.39. The van der Waals surface area contributed by atoms with E-state index in [1.165, 1.54) is 0 Å². The number of benzene rings is 2. The Balaban J connectivity index is 1.98. The number of nitrogens with zero attached hydrogens (tertiary/aromatic N) is 1. The number of ketones is 1. The summed E-state index contributed by atoms with van der Waals surface area (Å²) in [4.78, 5) is 15.4. The zero-order valence-corrected chi connectivity index (χ0v) is 15.2. The normalized spacial score (nSPS) is 17.2. The highest BCUT2D eigenvalue weighted by Gasteiger charge is 2.43. The molecule has 0 aromatic heterocycles. The lowest BCUT2D eigenvalue weighted by Gasteiger charge is -2.41. The highest BCUT2D eigenvalue weighted by molar-refractivity contribution is 5.91. The molecule has 25 heavy (non-hydrogen) atoms. The van der Waals surface area contributed by atoms with Gasteiger partial charge in [-0.25, -0.2) is 0 Å². The van der Waals surface area contributed by atoms with Crippen molar-refractivity contribution in [3.05, 3.63) is 60.2 Å². The number of para-hydroxylation sites is 2. The molecule has 0 aliphatic carbocycles. The molecule has 3 nitrogen and oxygen atoms in total. The van der Waals surface area contributed by atoms with Crippen LogP contribution in [0.5, 0.6) is 11.5 Å². The van der Waals surface area contributed by atoms with E-state index in [1.807, 2.05) is 55.5 Å². The Morgan fingerprint density at radius 3 is 2.28 bits per heavy atom. The average Bonchev–Trinajstić information content (AvgIpc) is 2.68. The third-order valence-corrected chi connectivity index (χ3v) is 5.39. The second kappa shape index (κ2) is 7.83. The van der Waals surface area contributed by atoms with Crippen LogP contribution in [0.4, 0.5) is 0 Å². The lowest BCUT2D eigenvalue weighted by atomic mass is 9.68. The van der Waals surface area contributed by atoms with Crippen molar-refractivity contribution in [2.24, 2.45) is 0 Å². The molecule has 132 valence electrons. The van der Waals surface area contributed by atoms with Gasteiger partial charge < -0.3 is 9.64 Å². The van der Waals surface area contributed by atoms with Crippen molar-refractivity contribution in [2.45, 2.75) is 38.5 Å². The van der Waals surface area contributed by atoms with Crippen molar-refractivity contribution in [3.63, 3.8) is 0 Å². The van der Waals surface area contributed by atoms with Crippen LogP contribution in [0.1, 0.15) is 38.7 Å². The highest BCUT2D eigenvalue weighted by atomic mass is 16.5. The highest BCUT2D eigenvalue weighted by Crippen LogP contribution is 2.42. The first kappa shape index (κ1) is 17.7. The van der Waals surface area contributed by atoms with Gasteiger partial charge in [-0.2, -0.15) is 0 Å². The number of hydrogen-bond acceptors (Lipinski definition) is 3. The summed E-state index contributed by atoms with van der Waals surface area (Å²) < 4.78 is 6.17. The third kappa shape index (κ3) is 3.62. The zero-order chi connectivity index (χ0) is 17.7. The van der Waals surface area contributed by atoms with Crippen LogP contribution in [0, 0.1) is 0 Å². The summed E-state index contributed by atoms with van der Waals surface area (Å²) in [6.07, 6.45) is 2.29. The maximum Gasteiger partial charge on any atom is 0.143 e. The summed E-state index contributed by atoms with van der Waals surface area (Å²) in [5.74, 6) is 1.94. The van der Waals surface area contributed by atoms with Gasteiger partial charge in [-0.15, -0.1) is 0 Å². The van der Waals surface area contributed by atoms with Crippen molar-refractivity contribution in [1.29, 1.82) is 0 Å². The quantitative estimate of drug-likeness (QED) is 0.757. The van der Waals surface area contributed by atoms with Gasteiger partial charge in [-0.1, -0.05) is 50.2 Å². The van der Waals surface area contributed by atoms with Gasteiger partial charge >= 0.3 is 0 Å². The fourth-order valence-corrected chi connectivity index (χ4v) is 3.85. The Bertz CT molecular complexity index is 703. The summed E-state index contributed by atoms with van der Waals surface area (Å²) >= 11 is 0. The first-order valence-corrected chi connectivity index (χ1v) is 9.27. The van der Waals surface area contributed by atoms with Crippen molar-refractivity contribution in [3.8, 4) is 11.5 Å². The van der Waals surface area contributed by atoms with Crippen LogP contribution in [-0.4, -0.2) is 30.3 Å². The molecule has 2 aromatic carbocycles. The monoisotopic (exact) mass is 337 g/mol. The molecule has 1 heterocycles. The van der Waals surface area contributed by atoms with Gasteiger partial charge in [-0.05, 0) is 50.7 Å². The largest absolute Gasteiger partial charge is 0.457 e. The summed E-state index contributed by atoms with van der Waals surface area (Å²) in [6, 6.07) is 17.9. The van der Waals surface area contributed by atoms with Crippen LogP contribution < -0.4 is 4.74 Å². The molecule has 0 unspecified atom stereocenters. The fourth-order valence-electron chi connectivity index (χ4n) is 3.85. The van der Waals surface area contributed by atoms with Gasteiger partial charge in [-0.3, -0.25) is 4.79 Å². The molecule has 0 atom stereocenters. The van der Waals surface area contributed by atoms with E-state index in [0.29, 0.717) is 12.2 Å². The number of ether oxygens (including phenoxy) is 1. The minimum atomic E-state index is -0.425. The van der Waals surface area contributed by atoms with E-state index in [0.717, 1.165) is 49.5 Å². The Kier molecular flexibility index (Phi) is 5.54. The number of carbonyl (C=O) groups excluding carboxylic acids is 1. The van der Waals surface area contributed by atoms with E-state index < -0.39 is 5.41 Å². The number of likely N-dealkylation sites (tertiary alicyclic amines) is 1. The van der Waals surface area contributed by atoms with Crippen LogP contribution in [0.2, 0.25) is 0 Å². The van der Waals surface area contributed by atoms with Crippen LogP contribution in [0.15, 0.2) is 54.6 Å². The lowest BCUT2D eigenvalue weighted by molar-refractivity contribution is -0.126. The molecular formula is C22H27NO2. The molecule has 1 saturated heterocycles. The molecule has 3 heteroatoms. The molecule has 3 rings (SSSR count).